The predicted molar refractivity (Wildman–Crippen MR) is 106 cm³/mol. The average molecular weight is 385 g/mol. The number of carbonyl (C=O) groups is 2. The number of rotatable bonds is 7. The summed E-state index contributed by atoms with van der Waals surface area (Å²) >= 11 is 0. The molecule has 2 aromatic rings. The fourth-order valence-corrected chi connectivity index (χ4v) is 3.80. The van der Waals surface area contributed by atoms with E-state index in [1.807, 2.05) is 0 Å². The van der Waals surface area contributed by atoms with Gasteiger partial charge >= 0.3 is 5.97 Å². The van der Waals surface area contributed by atoms with E-state index in [4.69, 9.17) is 5.11 Å². The number of hydrogen-bond acceptors (Lipinski definition) is 4. The maximum atomic E-state index is 12.9. The normalized spacial score (nSPS) is 19.5. The second-order valence-electron chi connectivity index (χ2n) is 7.49. The van der Waals surface area contributed by atoms with Crippen LogP contribution in [0.1, 0.15) is 62.4 Å². The summed E-state index contributed by atoms with van der Waals surface area (Å²) < 4.78 is 1.40. The highest BCUT2D eigenvalue weighted by atomic mass is 16.4. The predicted octanol–water partition coefficient (Wildman–Crippen LogP) is 2.96. The molecule has 1 aromatic heterocycles. The van der Waals surface area contributed by atoms with Gasteiger partial charge in [0.25, 0.3) is 11.5 Å². The number of fused-ring (bicyclic) bond motifs is 1. The Morgan fingerprint density at radius 1 is 1.14 bits per heavy atom. The highest BCUT2D eigenvalue weighted by Gasteiger charge is 2.27. The first-order valence-electron chi connectivity index (χ1n) is 10.0. The number of amides is 1. The number of carboxylic acids is 1. The Morgan fingerprint density at radius 3 is 2.46 bits per heavy atom. The Kier molecular flexibility index (Phi) is 6.44. The lowest BCUT2D eigenvalue weighted by molar-refractivity contribution is -0.142. The standard InChI is InChI=1S/C21H27N3O4/c1-2-3-6-13-24-20(26)17-8-5-4-7-16(17)18(23-24)19(25)22-15-11-9-14(10-12-15)21(27)28/h4-5,7-8,14-15H,2-3,6,9-13H2,1H3,(H,22,25)(H,27,28). The smallest absolute Gasteiger partial charge is 0.306 e. The number of nitrogens with zero attached hydrogens (tertiary/aromatic N) is 2. The molecule has 1 saturated carbocycles. The van der Waals surface area contributed by atoms with Crippen molar-refractivity contribution in [3.8, 4) is 0 Å². The molecule has 0 bridgehead atoms. The Balaban J connectivity index is 1.83. The van der Waals surface area contributed by atoms with Crippen LogP contribution in [0.2, 0.25) is 0 Å². The highest BCUT2D eigenvalue weighted by molar-refractivity contribution is 6.04. The van der Waals surface area contributed by atoms with Gasteiger partial charge < -0.3 is 10.4 Å². The van der Waals surface area contributed by atoms with Crippen molar-refractivity contribution in [2.45, 2.75) is 64.5 Å². The summed E-state index contributed by atoms with van der Waals surface area (Å²) in [6.45, 7) is 2.58. The Labute approximate surface area is 163 Å². The molecule has 1 amide bonds. The van der Waals surface area contributed by atoms with Crippen LogP contribution in [0.4, 0.5) is 0 Å². The third-order valence-electron chi connectivity index (χ3n) is 5.47. The van der Waals surface area contributed by atoms with E-state index in [0.717, 1.165) is 19.3 Å². The molecule has 0 spiro atoms. The number of benzene rings is 1. The fraction of sp³-hybridized carbons (Fsp3) is 0.524. The van der Waals surface area contributed by atoms with Crippen LogP contribution in [0.3, 0.4) is 0 Å². The second kappa shape index (κ2) is 8.99. The number of nitrogens with one attached hydrogen (secondary N) is 1. The van der Waals surface area contributed by atoms with Crippen LogP contribution in [0.25, 0.3) is 10.8 Å². The van der Waals surface area contributed by atoms with Gasteiger partial charge in [0, 0.05) is 18.0 Å². The van der Waals surface area contributed by atoms with Crippen molar-refractivity contribution in [1.29, 1.82) is 0 Å². The number of carboxylic acid groups (broad SMARTS) is 1. The molecule has 0 radical (unpaired) electrons. The van der Waals surface area contributed by atoms with Crippen LogP contribution in [0.5, 0.6) is 0 Å². The number of aliphatic carboxylic acids is 1. The fourth-order valence-electron chi connectivity index (χ4n) is 3.80. The summed E-state index contributed by atoms with van der Waals surface area (Å²) in [7, 11) is 0. The van der Waals surface area contributed by atoms with E-state index in [2.05, 4.69) is 17.3 Å². The van der Waals surface area contributed by atoms with Gasteiger partial charge in [-0.1, -0.05) is 38.0 Å². The summed E-state index contributed by atoms with van der Waals surface area (Å²) in [5.74, 6) is -1.40. The maximum Gasteiger partial charge on any atom is 0.306 e. The molecule has 1 fully saturated rings. The van der Waals surface area contributed by atoms with E-state index >= 15 is 0 Å². The van der Waals surface area contributed by atoms with Crippen molar-refractivity contribution < 1.29 is 14.7 Å². The van der Waals surface area contributed by atoms with Crippen molar-refractivity contribution in [2.24, 2.45) is 5.92 Å². The quantitative estimate of drug-likeness (QED) is 0.714. The zero-order chi connectivity index (χ0) is 20.1. The summed E-state index contributed by atoms with van der Waals surface area (Å²) in [6, 6.07) is 6.99. The summed E-state index contributed by atoms with van der Waals surface area (Å²) in [4.78, 5) is 36.7. The summed E-state index contributed by atoms with van der Waals surface area (Å²) in [6.07, 6.45) is 5.26. The molecule has 1 aliphatic carbocycles. The van der Waals surface area contributed by atoms with E-state index in [1.54, 1.807) is 24.3 Å². The molecule has 3 rings (SSSR count). The largest absolute Gasteiger partial charge is 0.481 e. The van der Waals surface area contributed by atoms with E-state index in [9.17, 15) is 14.4 Å². The van der Waals surface area contributed by atoms with E-state index in [-0.39, 0.29) is 29.1 Å². The summed E-state index contributed by atoms with van der Waals surface area (Å²) in [5.41, 5.74) is 0.0808. The Bertz CT molecular complexity index is 913. The Hall–Kier alpha value is -2.70. The number of hydrogen-bond donors (Lipinski definition) is 2. The number of unbranched alkanes of at least 4 members (excludes halogenated alkanes) is 2. The SMILES string of the molecule is CCCCCn1nc(C(=O)NC2CCC(C(=O)O)CC2)c2ccccc2c1=O. The van der Waals surface area contributed by atoms with Gasteiger partial charge in [-0.2, -0.15) is 5.10 Å². The van der Waals surface area contributed by atoms with Gasteiger partial charge in [-0.15, -0.1) is 0 Å². The molecule has 1 aromatic carbocycles. The third kappa shape index (κ3) is 4.40. The van der Waals surface area contributed by atoms with Gasteiger partial charge in [0.15, 0.2) is 5.69 Å². The average Bonchev–Trinajstić information content (AvgIpc) is 2.70. The van der Waals surface area contributed by atoms with Crippen LogP contribution in [0.15, 0.2) is 29.1 Å². The molecule has 2 N–H and O–H groups in total. The molecule has 0 saturated heterocycles. The minimum Gasteiger partial charge on any atom is -0.481 e. The van der Waals surface area contributed by atoms with Gasteiger partial charge in [-0.05, 0) is 38.2 Å². The molecule has 1 aliphatic rings. The van der Waals surface area contributed by atoms with Crippen LogP contribution in [0, 0.1) is 5.92 Å². The molecular weight excluding hydrogens is 358 g/mol. The molecule has 1 heterocycles. The Morgan fingerprint density at radius 2 is 1.82 bits per heavy atom. The minimum absolute atomic E-state index is 0.0656. The zero-order valence-corrected chi connectivity index (χ0v) is 16.2. The lowest BCUT2D eigenvalue weighted by Crippen LogP contribution is -2.40. The van der Waals surface area contributed by atoms with Crippen LogP contribution in [-0.4, -0.2) is 32.8 Å². The van der Waals surface area contributed by atoms with Gasteiger partial charge in [0.2, 0.25) is 0 Å². The summed E-state index contributed by atoms with van der Waals surface area (Å²) in [5, 5.41) is 17.5. The topological polar surface area (TPSA) is 101 Å². The van der Waals surface area contributed by atoms with Gasteiger partial charge in [0.05, 0.1) is 11.3 Å². The van der Waals surface area contributed by atoms with Crippen molar-refractivity contribution in [2.75, 3.05) is 0 Å². The molecule has 0 atom stereocenters. The van der Waals surface area contributed by atoms with Crippen molar-refractivity contribution in [3.63, 3.8) is 0 Å². The van der Waals surface area contributed by atoms with Crippen molar-refractivity contribution in [1.82, 2.24) is 15.1 Å². The van der Waals surface area contributed by atoms with Gasteiger partial charge in [-0.25, -0.2) is 4.68 Å². The molecule has 0 unspecified atom stereocenters. The first-order valence-corrected chi connectivity index (χ1v) is 10.0. The van der Waals surface area contributed by atoms with E-state index < -0.39 is 5.97 Å². The van der Waals surface area contributed by atoms with Crippen LogP contribution >= 0.6 is 0 Å². The molecule has 28 heavy (non-hydrogen) atoms. The monoisotopic (exact) mass is 385 g/mol. The van der Waals surface area contributed by atoms with Crippen molar-refractivity contribution >= 4 is 22.6 Å². The lowest BCUT2D eigenvalue weighted by atomic mass is 9.86. The van der Waals surface area contributed by atoms with E-state index in [0.29, 0.717) is 43.0 Å². The molecule has 0 aliphatic heterocycles. The third-order valence-corrected chi connectivity index (χ3v) is 5.47. The number of aromatic nitrogens is 2. The number of carbonyl (C=O) groups excluding carboxylic acids is 1. The van der Waals surface area contributed by atoms with Crippen LogP contribution in [-0.2, 0) is 11.3 Å². The maximum absolute atomic E-state index is 12.9. The highest BCUT2D eigenvalue weighted by Crippen LogP contribution is 2.25. The first kappa shape index (κ1) is 20.0. The first-order chi connectivity index (χ1) is 13.5. The number of aryl methyl sites for hydroxylation is 1. The molecule has 150 valence electrons. The second-order valence-corrected chi connectivity index (χ2v) is 7.49. The molecule has 7 heteroatoms. The van der Waals surface area contributed by atoms with Crippen molar-refractivity contribution in [3.05, 3.63) is 40.3 Å². The van der Waals surface area contributed by atoms with Gasteiger partial charge in [-0.3, -0.25) is 14.4 Å². The van der Waals surface area contributed by atoms with E-state index in [1.165, 1.54) is 4.68 Å². The lowest BCUT2D eigenvalue weighted by Gasteiger charge is -2.26. The molecule has 7 nitrogen and oxygen atoms in total. The minimum atomic E-state index is -0.767. The zero-order valence-electron chi connectivity index (χ0n) is 16.2. The van der Waals surface area contributed by atoms with Gasteiger partial charge in [0.1, 0.15) is 0 Å². The van der Waals surface area contributed by atoms with Crippen LogP contribution < -0.4 is 10.9 Å². The molecular formula is C21H27N3O4.